The largest absolute Gasteiger partial charge is 0.741 e. The van der Waals surface area contributed by atoms with Crippen LogP contribution in [0.4, 0.5) is 13.2 Å². The minimum Gasteiger partial charge on any atom is -0.741 e. The van der Waals surface area contributed by atoms with Crippen molar-refractivity contribution in [1.82, 2.24) is 0 Å². The van der Waals surface area contributed by atoms with Crippen molar-refractivity contribution in [2.75, 3.05) is 21.3 Å². The molecule has 6 nitrogen and oxygen atoms in total. The van der Waals surface area contributed by atoms with Gasteiger partial charge < -0.3 is 18.8 Å². The zero-order valence-corrected chi connectivity index (χ0v) is 17.4. The minimum atomic E-state index is -6.09. The Morgan fingerprint density at radius 1 is 0.926 bits per heavy atom. The molecule has 11 heteroatoms. The topological polar surface area (TPSA) is 84.9 Å². The van der Waals surface area contributed by atoms with Crippen LogP contribution in [0, 0.1) is 7.14 Å². The van der Waals surface area contributed by atoms with Crippen molar-refractivity contribution in [2.45, 2.75) is 5.51 Å². The number of methoxy groups -OCH3 is 3. The molecule has 150 valence electrons. The van der Waals surface area contributed by atoms with E-state index in [0.29, 0.717) is 0 Å². The van der Waals surface area contributed by atoms with E-state index in [1.165, 1.54) is 3.57 Å². The molecule has 0 N–H and O–H groups in total. The molecule has 0 heterocycles. The first kappa shape index (κ1) is 23.3. The molecular formula is C16H16F3IO6S. The third-order valence-corrected chi connectivity index (χ3v) is 6.39. The van der Waals surface area contributed by atoms with Crippen LogP contribution in [0.3, 0.4) is 0 Å². The van der Waals surface area contributed by atoms with Gasteiger partial charge in [0.25, 0.3) is 3.57 Å². The number of alkyl halides is 3. The summed E-state index contributed by atoms with van der Waals surface area (Å²) in [4.78, 5) is 0. The van der Waals surface area contributed by atoms with E-state index in [9.17, 15) is 13.2 Å². The Kier molecular flexibility index (Phi) is 8.62. The van der Waals surface area contributed by atoms with Crippen LogP contribution in [-0.4, -0.2) is 39.8 Å². The molecule has 2 aromatic carbocycles. The maximum absolute atomic E-state index is 10.7. The highest BCUT2D eigenvalue weighted by molar-refractivity contribution is 7.86. The molecule has 27 heavy (non-hydrogen) atoms. The van der Waals surface area contributed by atoms with Crippen molar-refractivity contribution in [3.05, 3.63) is 49.6 Å². The van der Waals surface area contributed by atoms with E-state index >= 15 is 0 Å². The first-order valence-electron chi connectivity index (χ1n) is 7.05. The highest BCUT2D eigenvalue weighted by atomic mass is 127. The normalized spacial score (nSPS) is 11.2. The molecule has 2 aromatic rings. The number of rotatable bonds is 5. The zero-order chi connectivity index (χ0) is 20.7. The molecule has 0 bridgehead atoms. The number of benzene rings is 2. The fourth-order valence-corrected chi connectivity index (χ4v) is 4.32. The third-order valence-electron chi connectivity index (χ3n) is 2.88. The molecule has 0 amide bonds. The smallest absolute Gasteiger partial charge is 0.485 e. The first-order valence-corrected chi connectivity index (χ1v) is 10.6. The summed E-state index contributed by atoms with van der Waals surface area (Å²) in [5.74, 6) is 2.40. The zero-order valence-electron chi connectivity index (χ0n) is 14.4. The van der Waals surface area contributed by atoms with Crippen molar-refractivity contribution in [3.63, 3.8) is 0 Å². The molecule has 0 aliphatic heterocycles. The van der Waals surface area contributed by atoms with Crippen LogP contribution in [0.15, 0.2) is 42.5 Å². The van der Waals surface area contributed by atoms with Gasteiger partial charge in [-0.05, 0) is 12.1 Å². The van der Waals surface area contributed by atoms with Gasteiger partial charge in [0.15, 0.2) is 25.2 Å². The molecule has 0 saturated heterocycles. The summed E-state index contributed by atoms with van der Waals surface area (Å²) in [7, 11) is -1.11. The van der Waals surface area contributed by atoms with Gasteiger partial charge in [0.05, 0.1) is 21.3 Å². The molecule has 0 unspecified atom stereocenters. The standard InChI is InChI=1S/C15H16IO3.CHF3O3S/c1-17-12-9-13(18-2)15(14(10-12)19-3)16-11-7-5-4-6-8-11;2-1(3,4)8(5,6)7/h4-10H,1-3H3;(H,5,6,7)/q+1;/p-1. The predicted molar refractivity (Wildman–Crippen MR) is 85.7 cm³/mol. The van der Waals surface area contributed by atoms with Crippen LogP contribution in [-0.2, 0) is 10.1 Å². The van der Waals surface area contributed by atoms with E-state index in [-0.39, 0.29) is 21.2 Å². The van der Waals surface area contributed by atoms with Crippen molar-refractivity contribution in [2.24, 2.45) is 0 Å². The monoisotopic (exact) mass is 520 g/mol. The van der Waals surface area contributed by atoms with Gasteiger partial charge in [-0.1, -0.05) is 18.2 Å². The molecule has 0 aromatic heterocycles. The van der Waals surface area contributed by atoms with E-state index < -0.39 is 15.6 Å². The van der Waals surface area contributed by atoms with Crippen LogP contribution in [0.2, 0.25) is 0 Å². The summed E-state index contributed by atoms with van der Waals surface area (Å²) in [6.07, 6.45) is 0. The Hall–Kier alpha value is -1.73. The third kappa shape index (κ3) is 7.07. The van der Waals surface area contributed by atoms with Gasteiger partial charge in [0.1, 0.15) is 5.75 Å². The number of ether oxygens (including phenoxy) is 3. The average molecular weight is 520 g/mol. The van der Waals surface area contributed by atoms with Crippen molar-refractivity contribution in [3.8, 4) is 17.2 Å². The molecule has 0 spiro atoms. The fraction of sp³-hybridized carbons (Fsp3) is 0.250. The van der Waals surface area contributed by atoms with Crippen LogP contribution in [0.1, 0.15) is 0 Å². The van der Waals surface area contributed by atoms with Crippen molar-refractivity contribution >= 4 is 10.1 Å². The van der Waals surface area contributed by atoms with Gasteiger partial charge in [0, 0.05) is 12.1 Å². The lowest BCUT2D eigenvalue weighted by Gasteiger charge is -2.08. The van der Waals surface area contributed by atoms with Crippen molar-refractivity contribution in [1.29, 1.82) is 0 Å². The number of hydrogen-bond acceptors (Lipinski definition) is 6. The summed E-state index contributed by atoms with van der Waals surface area (Å²) < 4.78 is 77.6. The van der Waals surface area contributed by atoms with Gasteiger partial charge in [-0.15, -0.1) is 0 Å². The Morgan fingerprint density at radius 3 is 1.70 bits per heavy atom. The molecule has 0 aliphatic rings. The Balaban J connectivity index is 0.000000387. The Morgan fingerprint density at radius 2 is 1.37 bits per heavy atom. The number of halogens is 4. The summed E-state index contributed by atoms with van der Waals surface area (Å²) in [5, 5.41) is 0. The summed E-state index contributed by atoms with van der Waals surface area (Å²) in [6, 6.07) is 14.2. The molecule has 0 radical (unpaired) electrons. The first-order chi connectivity index (χ1) is 12.5. The lowest BCUT2D eigenvalue weighted by Crippen LogP contribution is -3.61. The average Bonchev–Trinajstić information content (AvgIpc) is 2.61. The van der Waals surface area contributed by atoms with Gasteiger partial charge in [0.2, 0.25) is 0 Å². The highest BCUT2D eigenvalue weighted by Gasteiger charge is 2.36. The van der Waals surface area contributed by atoms with Gasteiger partial charge >= 0.3 is 26.7 Å². The van der Waals surface area contributed by atoms with E-state index in [1.807, 2.05) is 18.2 Å². The second kappa shape index (κ2) is 9.99. The maximum Gasteiger partial charge on any atom is 0.485 e. The Labute approximate surface area is 165 Å². The highest BCUT2D eigenvalue weighted by Crippen LogP contribution is 2.27. The van der Waals surface area contributed by atoms with E-state index in [2.05, 4.69) is 24.3 Å². The number of hydrogen-bond donors (Lipinski definition) is 0. The molecule has 0 fully saturated rings. The lowest BCUT2D eigenvalue weighted by molar-refractivity contribution is -0.598. The second-order valence-corrected chi connectivity index (χ2v) is 8.87. The van der Waals surface area contributed by atoms with Gasteiger partial charge in [-0.2, -0.15) is 13.2 Å². The Bertz CT molecular complexity index is 816. The quantitative estimate of drug-likeness (QED) is 0.311. The van der Waals surface area contributed by atoms with E-state index in [1.54, 1.807) is 21.3 Å². The van der Waals surface area contributed by atoms with Crippen LogP contribution in [0.25, 0.3) is 0 Å². The van der Waals surface area contributed by atoms with Crippen LogP contribution < -0.4 is 35.4 Å². The second-order valence-electron chi connectivity index (χ2n) is 4.64. The van der Waals surface area contributed by atoms with E-state index in [4.69, 9.17) is 27.2 Å². The lowest BCUT2D eigenvalue weighted by atomic mass is 10.3. The van der Waals surface area contributed by atoms with E-state index in [0.717, 1.165) is 20.8 Å². The van der Waals surface area contributed by atoms with Crippen LogP contribution >= 0.6 is 0 Å². The van der Waals surface area contributed by atoms with Crippen molar-refractivity contribution < 1.29 is 61.6 Å². The minimum absolute atomic E-state index is 0.351. The molecular weight excluding hydrogens is 504 g/mol. The molecule has 0 atom stereocenters. The summed E-state index contributed by atoms with van der Waals surface area (Å²) in [6.45, 7) is 0. The molecule has 2 rings (SSSR count). The summed E-state index contributed by atoms with van der Waals surface area (Å²) in [5.41, 5.74) is -5.65. The van der Waals surface area contributed by atoms with Crippen LogP contribution in [0.5, 0.6) is 17.2 Å². The van der Waals surface area contributed by atoms with Gasteiger partial charge in [-0.3, -0.25) is 0 Å². The SMILES string of the molecule is COc1cc(OC)c([I+]c2ccccc2)c(OC)c1.O=S(=O)([O-])C(F)(F)F. The fourth-order valence-electron chi connectivity index (χ4n) is 1.64. The summed E-state index contributed by atoms with van der Waals surface area (Å²) >= 11 is -0.351. The maximum atomic E-state index is 10.7. The van der Waals surface area contributed by atoms with Gasteiger partial charge in [-0.25, -0.2) is 8.42 Å². The predicted octanol–water partition coefficient (Wildman–Crippen LogP) is -0.108. The molecule has 0 saturated carbocycles. The molecule has 0 aliphatic carbocycles.